The van der Waals surface area contributed by atoms with Gasteiger partial charge in [-0.05, 0) is 29.5 Å². The van der Waals surface area contributed by atoms with Crippen LogP contribution in [0.5, 0.6) is 23.0 Å². The van der Waals surface area contributed by atoms with Gasteiger partial charge in [-0.3, -0.25) is 0 Å². The molecule has 31 heavy (non-hydrogen) atoms. The van der Waals surface area contributed by atoms with Crippen LogP contribution in [0, 0.1) is 0 Å². The van der Waals surface area contributed by atoms with E-state index in [0.29, 0.717) is 31.5 Å². The van der Waals surface area contributed by atoms with E-state index in [4.69, 9.17) is 28.8 Å². The molecule has 0 spiro atoms. The average molecular weight is 433 g/mol. The molecule has 2 rings (SSSR count). The van der Waals surface area contributed by atoms with E-state index in [1.807, 2.05) is 30.3 Å². The minimum atomic E-state index is -0.0479. The molecule has 2 aromatic rings. The molecule has 0 amide bonds. The number of methoxy groups -OCH3 is 2. The van der Waals surface area contributed by atoms with Gasteiger partial charge in [0.15, 0.2) is 0 Å². The monoisotopic (exact) mass is 432 g/mol. The molecule has 0 atom stereocenters. The largest absolute Gasteiger partial charge is 0.496 e. The van der Waals surface area contributed by atoms with Gasteiger partial charge in [0.25, 0.3) is 0 Å². The van der Waals surface area contributed by atoms with Crippen molar-refractivity contribution >= 4 is 0 Å². The summed E-state index contributed by atoms with van der Waals surface area (Å²) in [6, 6.07) is 9.76. The maximum atomic E-state index is 9.10. The molecule has 172 valence electrons. The molecule has 0 aromatic heterocycles. The summed E-state index contributed by atoms with van der Waals surface area (Å²) in [5.74, 6) is 3.49. The zero-order chi connectivity index (χ0) is 22.8. The van der Waals surface area contributed by atoms with Crippen LogP contribution >= 0.6 is 0 Å². The predicted octanol–water partition coefficient (Wildman–Crippen LogP) is 4.92. The quantitative estimate of drug-likeness (QED) is 0.453. The summed E-state index contributed by atoms with van der Waals surface area (Å²) in [4.78, 5) is 0. The minimum absolute atomic E-state index is 0.0479. The molecule has 0 saturated carbocycles. The molecule has 0 bridgehead atoms. The average Bonchev–Trinajstić information content (AvgIpc) is 2.75. The second kappa shape index (κ2) is 12.4. The van der Waals surface area contributed by atoms with Crippen LogP contribution in [0.3, 0.4) is 0 Å². The van der Waals surface area contributed by atoms with E-state index in [1.54, 1.807) is 14.2 Å². The smallest absolute Gasteiger partial charge is 0.126 e. The number of ether oxygens (including phenoxy) is 5. The van der Waals surface area contributed by atoms with Gasteiger partial charge >= 0.3 is 0 Å². The zero-order valence-corrected chi connectivity index (χ0v) is 19.6. The molecule has 0 aliphatic rings. The molecule has 0 saturated heterocycles. The summed E-state index contributed by atoms with van der Waals surface area (Å²) in [6.45, 7) is 10.1. The third-order valence-electron chi connectivity index (χ3n) is 4.90. The highest BCUT2D eigenvalue weighted by atomic mass is 16.5. The van der Waals surface area contributed by atoms with Gasteiger partial charge < -0.3 is 28.8 Å². The Balaban J connectivity index is 2.33. The molecule has 6 nitrogen and oxygen atoms in total. The van der Waals surface area contributed by atoms with Crippen molar-refractivity contribution in [2.75, 3.05) is 40.6 Å². The maximum absolute atomic E-state index is 9.10. The summed E-state index contributed by atoms with van der Waals surface area (Å²) >= 11 is 0. The summed E-state index contributed by atoms with van der Waals surface area (Å²) in [5, 5.41) is 9.10. The first kappa shape index (κ1) is 24.8. The Bertz CT molecular complexity index is 816. The molecule has 0 unspecified atom stereocenters. The second-order valence-corrected chi connectivity index (χ2v) is 7.91. The summed E-state index contributed by atoms with van der Waals surface area (Å²) in [5.41, 5.74) is 3.19. The van der Waals surface area contributed by atoms with Crippen LogP contribution in [0.4, 0.5) is 0 Å². The molecule has 0 heterocycles. The fourth-order valence-corrected chi connectivity index (χ4v) is 3.45. The van der Waals surface area contributed by atoms with Crippen molar-refractivity contribution in [1.29, 1.82) is 0 Å². The van der Waals surface area contributed by atoms with Gasteiger partial charge in [0.1, 0.15) is 42.8 Å². The molecular weight excluding hydrogens is 396 g/mol. The van der Waals surface area contributed by atoms with Gasteiger partial charge in [-0.1, -0.05) is 33.8 Å². The molecule has 0 aliphatic carbocycles. The van der Waals surface area contributed by atoms with Crippen molar-refractivity contribution in [1.82, 2.24) is 0 Å². The number of rotatable bonds is 13. The van der Waals surface area contributed by atoms with Gasteiger partial charge in [-0.15, -0.1) is 0 Å². The van der Waals surface area contributed by atoms with Crippen LogP contribution in [-0.2, 0) is 11.3 Å². The first-order valence-corrected chi connectivity index (χ1v) is 10.7. The van der Waals surface area contributed by atoms with Crippen molar-refractivity contribution in [2.24, 2.45) is 0 Å². The van der Waals surface area contributed by atoms with Crippen LogP contribution < -0.4 is 18.9 Å². The molecule has 2 aromatic carbocycles. The lowest BCUT2D eigenvalue weighted by Gasteiger charge is -2.21. The van der Waals surface area contributed by atoms with Crippen molar-refractivity contribution in [3.8, 4) is 23.0 Å². The molecule has 0 radical (unpaired) electrons. The van der Waals surface area contributed by atoms with Gasteiger partial charge in [0.05, 0.1) is 20.3 Å². The third-order valence-corrected chi connectivity index (χ3v) is 4.90. The van der Waals surface area contributed by atoms with E-state index >= 15 is 0 Å². The van der Waals surface area contributed by atoms with Crippen molar-refractivity contribution in [2.45, 2.75) is 46.1 Å². The van der Waals surface area contributed by atoms with E-state index in [1.165, 1.54) is 0 Å². The summed E-state index contributed by atoms with van der Waals surface area (Å²) in [7, 11) is 3.30. The topological polar surface area (TPSA) is 66.4 Å². The van der Waals surface area contributed by atoms with Gasteiger partial charge in [-0.2, -0.15) is 0 Å². The van der Waals surface area contributed by atoms with Crippen LogP contribution in [0.1, 0.15) is 56.2 Å². The van der Waals surface area contributed by atoms with Crippen LogP contribution in [0.15, 0.2) is 30.3 Å². The highest BCUT2D eigenvalue weighted by Crippen LogP contribution is 2.36. The van der Waals surface area contributed by atoms with E-state index < -0.39 is 0 Å². The third kappa shape index (κ3) is 7.04. The predicted molar refractivity (Wildman–Crippen MR) is 122 cm³/mol. The van der Waals surface area contributed by atoms with Crippen molar-refractivity contribution in [3.05, 3.63) is 47.0 Å². The van der Waals surface area contributed by atoms with Gasteiger partial charge in [-0.25, -0.2) is 0 Å². The second-order valence-electron chi connectivity index (χ2n) is 7.91. The highest BCUT2D eigenvalue weighted by Gasteiger charge is 2.18. The first-order valence-electron chi connectivity index (χ1n) is 10.7. The van der Waals surface area contributed by atoms with Gasteiger partial charge in [0.2, 0.25) is 0 Å². The normalized spacial score (nSPS) is 11.1. The van der Waals surface area contributed by atoms with E-state index in [0.717, 1.165) is 33.9 Å². The molecular formula is C25H36O6. The van der Waals surface area contributed by atoms with E-state index in [2.05, 4.69) is 27.7 Å². The molecule has 6 heteroatoms. The first-order chi connectivity index (χ1) is 14.9. The summed E-state index contributed by atoms with van der Waals surface area (Å²) < 4.78 is 28.4. The fourth-order valence-electron chi connectivity index (χ4n) is 3.45. The summed E-state index contributed by atoms with van der Waals surface area (Å²) in [6.07, 6.45) is 0. The van der Waals surface area contributed by atoms with Crippen LogP contribution in [0.2, 0.25) is 0 Å². The Morgan fingerprint density at radius 3 is 2.10 bits per heavy atom. The number of aliphatic hydroxyl groups excluding tert-OH is 1. The van der Waals surface area contributed by atoms with E-state index in [-0.39, 0.29) is 19.1 Å². The fraction of sp³-hybridized carbons (Fsp3) is 0.520. The molecule has 0 aliphatic heterocycles. The van der Waals surface area contributed by atoms with Gasteiger partial charge in [0, 0.05) is 30.4 Å². The number of hydrogen-bond acceptors (Lipinski definition) is 6. The van der Waals surface area contributed by atoms with Crippen molar-refractivity contribution < 1.29 is 28.8 Å². The Kier molecular flexibility index (Phi) is 9.95. The lowest BCUT2D eigenvalue weighted by molar-refractivity contribution is 0.146. The Morgan fingerprint density at radius 2 is 1.48 bits per heavy atom. The number of aliphatic hydroxyl groups is 1. The Hall–Kier alpha value is -2.44. The Morgan fingerprint density at radius 1 is 0.774 bits per heavy atom. The Labute approximate surface area is 186 Å². The number of hydrogen-bond donors (Lipinski definition) is 1. The maximum Gasteiger partial charge on any atom is 0.126 e. The SMILES string of the molecule is COCCOc1ccc(C(C)C)c(OCc2cc(OCCO)cc(OC)c2C(C)C)c1. The van der Waals surface area contributed by atoms with Crippen molar-refractivity contribution in [3.63, 3.8) is 0 Å². The van der Waals surface area contributed by atoms with Crippen LogP contribution in [0.25, 0.3) is 0 Å². The molecule has 1 N–H and O–H groups in total. The highest BCUT2D eigenvalue weighted by molar-refractivity contribution is 5.49. The minimum Gasteiger partial charge on any atom is -0.496 e. The van der Waals surface area contributed by atoms with Crippen LogP contribution in [-0.4, -0.2) is 45.8 Å². The lowest BCUT2D eigenvalue weighted by Crippen LogP contribution is -2.08. The number of benzene rings is 2. The van der Waals surface area contributed by atoms with E-state index in [9.17, 15) is 0 Å². The zero-order valence-electron chi connectivity index (χ0n) is 19.6. The lowest BCUT2D eigenvalue weighted by atomic mass is 9.96. The molecule has 0 fully saturated rings. The standard InChI is InChI=1S/C25H36O6/c1-17(2)22-8-7-20(30-12-11-27-5)14-23(22)31-16-19-13-21(29-10-9-26)15-24(28-6)25(19)18(3)4/h7-8,13-15,17-18,26H,9-12,16H2,1-6H3.